The summed E-state index contributed by atoms with van der Waals surface area (Å²) in [5.74, 6) is 0.00699. The van der Waals surface area contributed by atoms with Crippen LogP contribution in [0, 0.1) is 0 Å². The molecule has 25 heavy (non-hydrogen) atoms. The highest BCUT2D eigenvalue weighted by Gasteiger charge is 2.19. The van der Waals surface area contributed by atoms with Gasteiger partial charge in [0.2, 0.25) is 6.79 Å². The van der Waals surface area contributed by atoms with Gasteiger partial charge in [0.15, 0.2) is 11.5 Å². The number of ether oxygens (including phenoxy) is 2. The van der Waals surface area contributed by atoms with E-state index in [9.17, 15) is 9.90 Å². The number of aryl methyl sites for hydroxylation is 1. The van der Waals surface area contributed by atoms with Gasteiger partial charge in [0.1, 0.15) is 0 Å². The molecule has 1 aliphatic rings. The molecule has 1 unspecified atom stereocenters. The van der Waals surface area contributed by atoms with Crippen LogP contribution in [0.15, 0.2) is 23.6 Å². The van der Waals surface area contributed by atoms with Crippen molar-refractivity contribution in [1.29, 1.82) is 0 Å². The highest BCUT2D eigenvalue weighted by molar-refractivity contribution is 7.09. The number of aromatic nitrogens is 1. The highest BCUT2D eigenvalue weighted by Crippen LogP contribution is 2.36. The molecule has 6 nitrogen and oxygen atoms in total. The van der Waals surface area contributed by atoms with Crippen LogP contribution in [0.3, 0.4) is 0 Å². The van der Waals surface area contributed by atoms with Crippen LogP contribution in [0.25, 0.3) is 0 Å². The van der Waals surface area contributed by atoms with Gasteiger partial charge in [-0.15, -0.1) is 11.3 Å². The Kier molecular flexibility index (Phi) is 5.88. The number of aliphatic hydroxyl groups is 1. The van der Waals surface area contributed by atoms with E-state index in [1.54, 1.807) is 17.4 Å². The first-order chi connectivity index (χ1) is 12.2. The summed E-state index contributed by atoms with van der Waals surface area (Å²) in [5, 5.41) is 23.0. The van der Waals surface area contributed by atoms with E-state index in [0.29, 0.717) is 17.9 Å². The van der Waals surface area contributed by atoms with E-state index in [0.717, 1.165) is 35.5 Å². The van der Waals surface area contributed by atoms with Crippen LogP contribution < -0.4 is 14.6 Å². The fraction of sp³-hybridized carbons (Fsp3) is 0.444. The zero-order valence-electron chi connectivity index (χ0n) is 13.8. The number of nitrogens with zero attached hydrogens (tertiary/aromatic N) is 1. The molecule has 7 heteroatoms. The molecule has 1 atom stereocenters. The van der Waals surface area contributed by atoms with Crippen LogP contribution in [0.5, 0.6) is 11.5 Å². The minimum atomic E-state index is -1.08. The maximum atomic E-state index is 11.2. The standard InChI is InChI=1S/C18H21NO5S/c20-6-2-1-3-17-19-14(10-25-17)7-13(9-18(21)22)12-4-5-15-16(8-12)24-11-23-15/h4-5,8,10,13,20H,1-3,6-7,9,11H2,(H,21,22)/p-1. The van der Waals surface area contributed by atoms with Gasteiger partial charge in [-0.1, -0.05) is 6.07 Å². The van der Waals surface area contributed by atoms with Crippen molar-refractivity contribution in [2.75, 3.05) is 13.4 Å². The lowest BCUT2D eigenvalue weighted by Gasteiger charge is -2.17. The van der Waals surface area contributed by atoms with E-state index in [-0.39, 0.29) is 25.7 Å². The summed E-state index contributed by atoms with van der Waals surface area (Å²) >= 11 is 1.58. The zero-order valence-corrected chi connectivity index (χ0v) is 14.6. The lowest BCUT2D eigenvalue weighted by atomic mass is 9.91. The second-order valence-electron chi connectivity index (χ2n) is 6.00. The van der Waals surface area contributed by atoms with Crippen LogP contribution in [-0.2, 0) is 17.6 Å². The average molecular weight is 362 g/mol. The van der Waals surface area contributed by atoms with Gasteiger partial charge in [0, 0.05) is 18.0 Å². The van der Waals surface area contributed by atoms with Crippen LogP contribution in [0.4, 0.5) is 0 Å². The number of carbonyl (C=O) groups is 1. The molecule has 0 saturated carbocycles. The minimum absolute atomic E-state index is 0.0724. The van der Waals surface area contributed by atoms with Gasteiger partial charge in [0.25, 0.3) is 0 Å². The lowest BCUT2D eigenvalue weighted by Crippen LogP contribution is -2.25. The molecule has 134 valence electrons. The lowest BCUT2D eigenvalue weighted by molar-refractivity contribution is -0.306. The Morgan fingerprint density at radius 1 is 1.32 bits per heavy atom. The summed E-state index contributed by atoms with van der Waals surface area (Å²) in [6.07, 6.45) is 2.95. The number of carboxylic acid groups (broad SMARTS) is 1. The van der Waals surface area contributed by atoms with Crippen LogP contribution in [-0.4, -0.2) is 29.5 Å². The largest absolute Gasteiger partial charge is 0.550 e. The zero-order chi connectivity index (χ0) is 17.6. The molecule has 0 bridgehead atoms. The fourth-order valence-corrected chi connectivity index (χ4v) is 3.73. The van der Waals surface area contributed by atoms with Crippen molar-refractivity contribution in [1.82, 2.24) is 4.98 Å². The van der Waals surface area contributed by atoms with E-state index in [2.05, 4.69) is 4.98 Å². The number of thiazole rings is 1. The summed E-state index contributed by atoms with van der Waals surface area (Å²) in [5.41, 5.74) is 1.76. The van der Waals surface area contributed by atoms with Crippen molar-refractivity contribution in [3.05, 3.63) is 39.8 Å². The number of carbonyl (C=O) groups excluding carboxylic acids is 1. The molecule has 0 radical (unpaired) electrons. The molecule has 0 fully saturated rings. The quantitative estimate of drug-likeness (QED) is 0.682. The summed E-state index contributed by atoms with van der Waals surface area (Å²) in [6.45, 7) is 0.378. The van der Waals surface area contributed by atoms with Gasteiger partial charge >= 0.3 is 0 Å². The number of fused-ring (bicyclic) bond motifs is 1. The summed E-state index contributed by atoms with van der Waals surface area (Å²) < 4.78 is 10.7. The van der Waals surface area contributed by atoms with E-state index < -0.39 is 5.97 Å². The Hall–Kier alpha value is -2.12. The van der Waals surface area contributed by atoms with Crippen molar-refractivity contribution in [2.45, 2.75) is 38.0 Å². The number of aliphatic carboxylic acids is 1. The number of aliphatic hydroxyl groups excluding tert-OH is 1. The Morgan fingerprint density at radius 3 is 2.96 bits per heavy atom. The Bertz CT molecular complexity index is 730. The first-order valence-electron chi connectivity index (χ1n) is 8.29. The van der Waals surface area contributed by atoms with Crippen LogP contribution in [0.2, 0.25) is 0 Å². The van der Waals surface area contributed by atoms with Crippen molar-refractivity contribution in [3.8, 4) is 11.5 Å². The van der Waals surface area contributed by atoms with Crippen molar-refractivity contribution >= 4 is 17.3 Å². The smallest absolute Gasteiger partial charge is 0.231 e. The average Bonchev–Trinajstić information content (AvgIpc) is 3.22. The topological polar surface area (TPSA) is 91.7 Å². The number of benzene rings is 1. The fourth-order valence-electron chi connectivity index (χ4n) is 2.87. The van der Waals surface area contributed by atoms with Gasteiger partial charge in [-0.2, -0.15) is 0 Å². The third kappa shape index (κ3) is 4.70. The maximum absolute atomic E-state index is 11.2. The van der Waals surface area contributed by atoms with Gasteiger partial charge < -0.3 is 24.5 Å². The molecule has 0 amide bonds. The normalized spacial score (nSPS) is 13.8. The van der Waals surface area contributed by atoms with Gasteiger partial charge in [-0.05, 0) is 55.7 Å². The van der Waals surface area contributed by atoms with Crippen LogP contribution in [0.1, 0.15) is 41.4 Å². The number of carboxylic acids is 1. The maximum Gasteiger partial charge on any atom is 0.231 e. The predicted molar refractivity (Wildman–Crippen MR) is 90.8 cm³/mol. The third-order valence-corrected chi connectivity index (χ3v) is 5.09. The van der Waals surface area contributed by atoms with E-state index in [4.69, 9.17) is 14.6 Å². The first kappa shape index (κ1) is 17.7. The molecule has 1 aliphatic heterocycles. The van der Waals surface area contributed by atoms with Crippen molar-refractivity contribution in [2.24, 2.45) is 0 Å². The van der Waals surface area contributed by atoms with Crippen molar-refractivity contribution in [3.63, 3.8) is 0 Å². The van der Waals surface area contributed by atoms with Gasteiger partial charge in [0.05, 0.1) is 10.7 Å². The number of hydrogen-bond donors (Lipinski definition) is 1. The molecular formula is C18H20NO5S-. The Balaban J connectivity index is 1.72. The summed E-state index contributed by atoms with van der Waals surface area (Å²) in [6, 6.07) is 5.52. The number of rotatable bonds is 9. The monoisotopic (exact) mass is 362 g/mol. The molecule has 2 heterocycles. The molecule has 1 N–H and O–H groups in total. The SMILES string of the molecule is O=C([O-])CC(Cc1csc(CCCCO)n1)c1ccc2c(c1)OCO2. The minimum Gasteiger partial charge on any atom is -0.550 e. The molecule has 1 aromatic carbocycles. The van der Waals surface area contributed by atoms with Crippen LogP contribution >= 0.6 is 11.3 Å². The molecule has 1 aromatic heterocycles. The van der Waals surface area contributed by atoms with E-state index in [1.807, 2.05) is 17.5 Å². The summed E-state index contributed by atoms with van der Waals surface area (Å²) in [4.78, 5) is 15.8. The van der Waals surface area contributed by atoms with Crippen molar-refractivity contribution < 1.29 is 24.5 Å². The second kappa shape index (κ2) is 8.31. The van der Waals surface area contributed by atoms with E-state index in [1.165, 1.54) is 0 Å². The highest BCUT2D eigenvalue weighted by atomic mass is 32.1. The molecule has 2 aromatic rings. The second-order valence-corrected chi connectivity index (χ2v) is 6.95. The summed E-state index contributed by atoms with van der Waals surface area (Å²) in [7, 11) is 0. The number of unbranched alkanes of at least 4 members (excludes halogenated alkanes) is 1. The third-order valence-electron chi connectivity index (χ3n) is 4.13. The Morgan fingerprint density at radius 2 is 2.16 bits per heavy atom. The van der Waals surface area contributed by atoms with E-state index >= 15 is 0 Å². The molecule has 0 saturated heterocycles. The molecule has 0 spiro atoms. The van der Waals surface area contributed by atoms with Gasteiger partial charge in [-0.3, -0.25) is 0 Å². The number of hydrogen-bond acceptors (Lipinski definition) is 7. The first-order valence-corrected chi connectivity index (χ1v) is 9.17. The molecule has 0 aliphatic carbocycles. The molecule has 3 rings (SSSR count). The molecular weight excluding hydrogens is 342 g/mol. The Labute approximate surface area is 150 Å². The van der Waals surface area contributed by atoms with Gasteiger partial charge in [-0.25, -0.2) is 4.98 Å². The predicted octanol–water partition coefficient (Wildman–Crippen LogP) is 1.65.